The second-order valence-corrected chi connectivity index (χ2v) is 7.71. The van der Waals surface area contributed by atoms with Gasteiger partial charge < -0.3 is 5.11 Å². The molecule has 1 aliphatic rings. The minimum atomic E-state index is -3.61. The highest BCUT2D eigenvalue weighted by atomic mass is 32.2. The molecule has 22 heavy (non-hydrogen) atoms. The Bertz CT molecular complexity index is 621. The van der Waals surface area contributed by atoms with Gasteiger partial charge in [-0.2, -0.15) is 4.31 Å². The number of sulfonamides is 1. The van der Waals surface area contributed by atoms with E-state index in [1.807, 2.05) is 6.92 Å². The van der Waals surface area contributed by atoms with Gasteiger partial charge in [0.25, 0.3) is 0 Å². The van der Waals surface area contributed by atoms with E-state index in [0.717, 1.165) is 35.3 Å². The van der Waals surface area contributed by atoms with Crippen LogP contribution in [0.1, 0.15) is 44.2 Å². The Morgan fingerprint density at radius 3 is 2.73 bits per heavy atom. The molecule has 0 amide bonds. The molecule has 1 saturated heterocycles. The number of aliphatic hydroxyl groups is 1. The lowest BCUT2D eigenvalue weighted by Crippen LogP contribution is -2.34. The number of rotatable bonds is 6. The van der Waals surface area contributed by atoms with E-state index in [4.69, 9.17) is 0 Å². The van der Waals surface area contributed by atoms with Crippen LogP contribution < -0.4 is 0 Å². The molecule has 124 valence electrons. The van der Waals surface area contributed by atoms with Crippen LogP contribution in [-0.2, 0) is 10.0 Å². The van der Waals surface area contributed by atoms with Gasteiger partial charge in [0.15, 0.2) is 0 Å². The van der Waals surface area contributed by atoms with E-state index < -0.39 is 33.8 Å². The van der Waals surface area contributed by atoms with Crippen LogP contribution in [-0.4, -0.2) is 36.2 Å². The molecule has 2 rings (SSSR count). The van der Waals surface area contributed by atoms with Gasteiger partial charge in [-0.3, -0.25) is 0 Å². The fourth-order valence-corrected chi connectivity index (χ4v) is 4.59. The van der Waals surface area contributed by atoms with Crippen molar-refractivity contribution in [2.24, 2.45) is 0 Å². The summed E-state index contributed by atoms with van der Waals surface area (Å²) in [5.74, 6) is -1.32. The van der Waals surface area contributed by atoms with Crippen LogP contribution in [0.5, 0.6) is 0 Å². The molecule has 1 fully saturated rings. The summed E-state index contributed by atoms with van der Waals surface area (Å²) >= 11 is 0. The Balaban J connectivity index is 2.28. The summed E-state index contributed by atoms with van der Waals surface area (Å²) in [4.78, 5) is 0. The molecular weight excluding hydrogens is 312 g/mol. The third-order valence-corrected chi connectivity index (χ3v) is 5.84. The minimum absolute atomic E-state index is 0.0179. The molecule has 4 nitrogen and oxygen atoms in total. The van der Waals surface area contributed by atoms with Crippen LogP contribution in [0.3, 0.4) is 0 Å². The summed E-state index contributed by atoms with van der Waals surface area (Å²) in [6, 6.07) is 2.13. The standard InChI is InChI=1S/C15H21F2NO3S/c1-2-3-4-7-22(20,21)18-10-12(19)9-15(18)13-8-11(16)5-6-14(13)17/h5-6,8,12,15,19H,2-4,7,9-10H2,1H3/t12-,15+/m1/s1. The molecule has 1 aromatic carbocycles. The number of hydrogen-bond donors (Lipinski definition) is 1. The molecule has 0 bridgehead atoms. The van der Waals surface area contributed by atoms with Gasteiger partial charge in [-0.15, -0.1) is 0 Å². The number of halogens is 2. The maximum Gasteiger partial charge on any atom is 0.214 e. The first-order valence-corrected chi connectivity index (χ1v) is 9.08. The van der Waals surface area contributed by atoms with Crippen LogP contribution in [0, 0.1) is 11.6 Å². The van der Waals surface area contributed by atoms with Gasteiger partial charge >= 0.3 is 0 Å². The molecule has 1 N–H and O–H groups in total. The largest absolute Gasteiger partial charge is 0.392 e. The Labute approximate surface area is 129 Å². The normalized spacial score (nSPS) is 23.1. The molecule has 2 atom stereocenters. The summed E-state index contributed by atoms with van der Waals surface area (Å²) in [6.07, 6.45) is 1.40. The first-order valence-electron chi connectivity index (χ1n) is 7.47. The van der Waals surface area contributed by atoms with Crippen molar-refractivity contribution in [2.75, 3.05) is 12.3 Å². The highest BCUT2D eigenvalue weighted by molar-refractivity contribution is 7.89. The summed E-state index contributed by atoms with van der Waals surface area (Å²) in [7, 11) is -3.61. The number of unbranched alkanes of at least 4 members (excludes halogenated alkanes) is 2. The maximum atomic E-state index is 13.9. The summed E-state index contributed by atoms with van der Waals surface area (Å²) in [5, 5.41) is 9.80. The lowest BCUT2D eigenvalue weighted by atomic mass is 10.0. The monoisotopic (exact) mass is 333 g/mol. The third-order valence-electron chi connectivity index (χ3n) is 3.91. The topological polar surface area (TPSA) is 57.6 Å². The number of benzene rings is 1. The van der Waals surface area contributed by atoms with E-state index in [2.05, 4.69) is 0 Å². The van der Waals surface area contributed by atoms with Crippen LogP contribution in [0.2, 0.25) is 0 Å². The summed E-state index contributed by atoms with van der Waals surface area (Å²) < 4.78 is 53.3. The molecular formula is C15H21F2NO3S. The number of hydrogen-bond acceptors (Lipinski definition) is 3. The molecule has 1 aliphatic heterocycles. The molecule has 1 heterocycles. The highest BCUT2D eigenvalue weighted by Crippen LogP contribution is 2.36. The van der Waals surface area contributed by atoms with Gasteiger partial charge in [0.05, 0.1) is 17.9 Å². The van der Waals surface area contributed by atoms with Gasteiger partial charge in [-0.25, -0.2) is 17.2 Å². The summed E-state index contributed by atoms with van der Waals surface area (Å²) in [5.41, 5.74) is -0.0179. The quantitative estimate of drug-likeness (QED) is 0.814. The lowest BCUT2D eigenvalue weighted by molar-refractivity contribution is 0.188. The Kier molecular flexibility index (Phi) is 5.52. The van der Waals surface area contributed by atoms with Gasteiger partial charge in [0.2, 0.25) is 10.0 Å². The second-order valence-electron chi connectivity index (χ2n) is 5.66. The molecule has 0 aromatic heterocycles. The first kappa shape index (κ1) is 17.3. The van der Waals surface area contributed by atoms with Crippen molar-refractivity contribution in [3.63, 3.8) is 0 Å². The van der Waals surface area contributed by atoms with E-state index in [-0.39, 0.29) is 24.3 Å². The van der Waals surface area contributed by atoms with E-state index in [0.29, 0.717) is 6.42 Å². The number of aliphatic hydroxyl groups excluding tert-OH is 1. The zero-order valence-corrected chi connectivity index (χ0v) is 13.3. The highest BCUT2D eigenvalue weighted by Gasteiger charge is 2.40. The van der Waals surface area contributed by atoms with Crippen LogP contribution in [0.25, 0.3) is 0 Å². The predicted octanol–water partition coefficient (Wildman–Crippen LogP) is 2.59. The zero-order chi connectivity index (χ0) is 16.3. The van der Waals surface area contributed by atoms with E-state index in [1.54, 1.807) is 0 Å². The van der Waals surface area contributed by atoms with Crippen molar-refractivity contribution in [1.29, 1.82) is 0 Å². The molecule has 7 heteroatoms. The van der Waals surface area contributed by atoms with Crippen LogP contribution in [0.4, 0.5) is 8.78 Å². The smallest absolute Gasteiger partial charge is 0.214 e. The predicted molar refractivity (Wildman–Crippen MR) is 79.7 cm³/mol. The van der Waals surface area contributed by atoms with Crippen molar-refractivity contribution in [3.8, 4) is 0 Å². The molecule has 0 unspecified atom stereocenters. The zero-order valence-electron chi connectivity index (χ0n) is 12.5. The minimum Gasteiger partial charge on any atom is -0.392 e. The van der Waals surface area contributed by atoms with Crippen LogP contribution in [0.15, 0.2) is 18.2 Å². The fraction of sp³-hybridized carbons (Fsp3) is 0.600. The average Bonchev–Trinajstić information content (AvgIpc) is 2.84. The van der Waals surface area contributed by atoms with Gasteiger partial charge in [0, 0.05) is 12.1 Å². The van der Waals surface area contributed by atoms with Gasteiger partial charge in [-0.1, -0.05) is 19.8 Å². The lowest BCUT2D eigenvalue weighted by Gasteiger charge is -2.24. The second kappa shape index (κ2) is 7.02. The first-order chi connectivity index (χ1) is 10.3. The van der Waals surface area contributed by atoms with Crippen LogP contribution >= 0.6 is 0 Å². The van der Waals surface area contributed by atoms with Gasteiger partial charge in [0.1, 0.15) is 11.6 Å². The average molecular weight is 333 g/mol. The van der Waals surface area contributed by atoms with Crippen molar-refractivity contribution < 1.29 is 22.3 Å². The SMILES string of the molecule is CCCCCS(=O)(=O)N1C[C@H](O)C[C@H]1c1cc(F)ccc1F. The Morgan fingerprint density at radius 2 is 2.05 bits per heavy atom. The van der Waals surface area contributed by atoms with Gasteiger partial charge in [-0.05, 0) is 31.0 Å². The molecule has 0 radical (unpaired) electrons. The van der Waals surface area contributed by atoms with Crippen molar-refractivity contribution in [3.05, 3.63) is 35.4 Å². The van der Waals surface area contributed by atoms with Crippen molar-refractivity contribution >= 4 is 10.0 Å². The van der Waals surface area contributed by atoms with E-state index in [1.165, 1.54) is 0 Å². The van der Waals surface area contributed by atoms with E-state index >= 15 is 0 Å². The molecule has 0 spiro atoms. The molecule has 0 saturated carbocycles. The third kappa shape index (κ3) is 3.83. The van der Waals surface area contributed by atoms with E-state index in [9.17, 15) is 22.3 Å². The Morgan fingerprint density at radius 1 is 1.32 bits per heavy atom. The maximum absolute atomic E-state index is 13.9. The molecule has 0 aliphatic carbocycles. The molecule has 1 aromatic rings. The fourth-order valence-electron chi connectivity index (χ4n) is 2.80. The number of nitrogens with zero attached hydrogens (tertiary/aromatic N) is 1. The summed E-state index contributed by atoms with van der Waals surface area (Å²) in [6.45, 7) is 1.90. The van der Waals surface area contributed by atoms with Crippen molar-refractivity contribution in [2.45, 2.75) is 44.8 Å². The Hall–Kier alpha value is -1.05. The van der Waals surface area contributed by atoms with Crippen molar-refractivity contribution in [1.82, 2.24) is 4.31 Å². The number of β-amino-alcohol motifs (C(OH)–C–C–N with tert-alkyl or cyclic N) is 1.